The number of rotatable bonds is 6. The van der Waals surface area contributed by atoms with Gasteiger partial charge in [-0.2, -0.15) is 9.61 Å². The van der Waals surface area contributed by atoms with Crippen molar-refractivity contribution in [3.63, 3.8) is 0 Å². The average molecular weight is 420 g/mol. The molecule has 0 atom stereocenters. The van der Waals surface area contributed by atoms with Crippen LogP contribution in [0.5, 0.6) is 0 Å². The first-order valence-electron chi connectivity index (χ1n) is 9.38. The smallest absolute Gasteiger partial charge is 0.274 e. The quantitative estimate of drug-likeness (QED) is 0.465. The van der Waals surface area contributed by atoms with E-state index < -0.39 is 0 Å². The number of thioether (sulfide) groups is 1. The topological polar surface area (TPSA) is 105 Å². The van der Waals surface area contributed by atoms with Gasteiger partial charge in [0.25, 0.3) is 11.3 Å². The Kier molecular flexibility index (Phi) is 5.62. The van der Waals surface area contributed by atoms with Crippen LogP contribution in [0.4, 0.5) is 5.69 Å². The van der Waals surface area contributed by atoms with Crippen molar-refractivity contribution in [3.8, 4) is 0 Å². The average Bonchev–Trinajstić information content (AvgIpc) is 3.11. The van der Waals surface area contributed by atoms with Crippen LogP contribution in [-0.2, 0) is 11.2 Å². The van der Waals surface area contributed by atoms with Gasteiger partial charge in [0.1, 0.15) is 5.69 Å². The normalized spacial score (nSPS) is 11.0. The van der Waals surface area contributed by atoms with E-state index in [0.717, 1.165) is 22.4 Å². The molecule has 0 unspecified atom stereocenters. The van der Waals surface area contributed by atoms with Crippen LogP contribution in [0, 0.1) is 13.8 Å². The van der Waals surface area contributed by atoms with Crippen LogP contribution in [0.2, 0.25) is 0 Å². The number of aromatic amines is 1. The van der Waals surface area contributed by atoms with E-state index >= 15 is 0 Å². The Morgan fingerprint density at radius 2 is 1.87 bits per heavy atom. The fourth-order valence-corrected chi connectivity index (χ4v) is 3.59. The molecule has 0 aliphatic rings. The van der Waals surface area contributed by atoms with E-state index in [1.54, 1.807) is 0 Å². The van der Waals surface area contributed by atoms with Gasteiger partial charge < -0.3 is 5.32 Å². The molecular weight excluding hydrogens is 400 g/mol. The summed E-state index contributed by atoms with van der Waals surface area (Å²) in [5, 5.41) is 15.8. The molecule has 0 radical (unpaired) electrons. The standard InChI is InChI=1S/C21H20N6O2S/c1-13-7-9-15(10-8-13)11-17-19(29)23-20-24-25-21(27(20)26-17)30-12-18(28)22-16-6-4-3-5-14(16)2/h3-10H,11-12H2,1-2H3,(H,22,28)(H,23,24,29). The summed E-state index contributed by atoms with van der Waals surface area (Å²) in [7, 11) is 0. The van der Waals surface area contributed by atoms with Crippen LogP contribution in [0.3, 0.4) is 0 Å². The predicted molar refractivity (Wildman–Crippen MR) is 116 cm³/mol. The van der Waals surface area contributed by atoms with Crippen LogP contribution in [0.1, 0.15) is 22.4 Å². The number of nitrogens with zero attached hydrogens (tertiary/aromatic N) is 4. The molecule has 8 nitrogen and oxygen atoms in total. The van der Waals surface area contributed by atoms with Gasteiger partial charge in [0, 0.05) is 12.1 Å². The largest absolute Gasteiger partial charge is 0.325 e. The van der Waals surface area contributed by atoms with Crippen molar-refractivity contribution in [2.75, 3.05) is 11.1 Å². The molecule has 2 aromatic heterocycles. The van der Waals surface area contributed by atoms with Crippen molar-refractivity contribution in [3.05, 3.63) is 81.3 Å². The minimum absolute atomic E-state index is 0.142. The zero-order valence-corrected chi connectivity index (χ0v) is 17.4. The Labute approximate surface area is 176 Å². The van der Waals surface area contributed by atoms with Gasteiger partial charge in [-0.15, -0.1) is 10.2 Å². The number of amides is 1. The third-order valence-electron chi connectivity index (χ3n) is 4.56. The summed E-state index contributed by atoms with van der Waals surface area (Å²) in [6, 6.07) is 15.5. The molecular formula is C21H20N6O2S. The third kappa shape index (κ3) is 4.41. The molecule has 0 fully saturated rings. The fraction of sp³-hybridized carbons (Fsp3) is 0.190. The van der Waals surface area contributed by atoms with Crippen molar-refractivity contribution in [1.82, 2.24) is 24.8 Å². The maximum atomic E-state index is 12.3. The highest BCUT2D eigenvalue weighted by molar-refractivity contribution is 7.99. The second-order valence-electron chi connectivity index (χ2n) is 6.93. The van der Waals surface area contributed by atoms with Crippen molar-refractivity contribution in [2.45, 2.75) is 25.4 Å². The predicted octanol–water partition coefficient (Wildman–Crippen LogP) is 2.75. The van der Waals surface area contributed by atoms with Gasteiger partial charge in [0.2, 0.25) is 11.1 Å². The van der Waals surface area contributed by atoms with Crippen LogP contribution >= 0.6 is 11.8 Å². The van der Waals surface area contributed by atoms with E-state index in [4.69, 9.17) is 0 Å². The van der Waals surface area contributed by atoms with Crippen molar-refractivity contribution in [1.29, 1.82) is 0 Å². The van der Waals surface area contributed by atoms with Gasteiger partial charge in [-0.3, -0.25) is 14.6 Å². The van der Waals surface area contributed by atoms with Gasteiger partial charge in [-0.05, 0) is 31.0 Å². The summed E-state index contributed by atoms with van der Waals surface area (Å²) in [6.45, 7) is 3.95. The molecule has 9 heteroatoms. The summed E-state index contributed by atoms with van der Waals surface area (Å²) < 4.78 is 1.47. The minimum atomic E-state index is -0.302. The number of anilines is 1. The second kappa shape index (κ2) is 8.50. The Morgan fingerprint density at radius 3 is 2.63 bits per heavy atom. The molecule has 0 aliphatic carbocycles. The highest BCUT2D eigenvalue weighted by atomic mass is 32.2. The number of benzene rings is 2. The molecule has 4 rings (SSSR count). The lowest BCUT2D eigenvalue weighted by molar-refractivity contribution is -0.113. The van der Waals surface area contributed by atoms with Gasteiger partial charge in [0.15, 0.2) is 0 Å². The number of aryl methyl sites for hydroxylation is 2. The maximum absolute atomic E-state index is 12.3. The lowest BCUT2D eigenvalue weighted by atomic mass is 10.1. The molecule has 0 aliphatic heterocycles. The Balaban J connectivity index is 1.50. The zero-order chi connectivity index (χ0) is 21.1. The van der Waals surface area contributed by atoms with Crippen molar-refractivity contribution in [2.24, 2.45) is 0 Å². The summed E-state index contributed by atoms with van der Waals surface area (Å²) >= 11 is 1.21. The number of hydrogen-bond acceptors (Lipinski definition) is 6. The first kappa shape index (κ1) is 19.8. The molecule has 0 saturated carbocycles. The number of carbonyl (C=O) groups is 1. The molecule has 0 saturated heterocycles. The molecule has 152 valence electrons. The highest BCUT2D eigenvalue weighted by Crippen LogP contribution is 2.17. The molecule has 0 spiro atoms. The zero-order valence-electron chi connectivity index (χ0n) is 16.5. The van der Waals surface area contributed by atoms with Crippen LogP contribution in [0.25, 0.3) is 5.78 Å². The van der Waals surface area contributed by atoms with Crippen molar-refractivity contribution >= 4 is 29.1 Å². The summed E-state index contributed by atoms with van der Waals surface area (Å²) in [5.41, 5.74) is 3.96. The number of hydrogen-bond donors (Lipinski definition) is 2. The number of H-pyrrole nitrogens is 1. The van der Waals surface area contributed by atoms with E-state index in [2.05, 4.69) is 25.6 Å². The van der Waals surface area contributed by atoms with Crippen LogP contribution in [0.15, 0.2) is 58.5 Å². The minimum Gasteiger partial charge on any atom is -0.325 e. The lowest BCUT2D eigenvalue weighted by Crippen LogP contribution is -2.19. The second-order valence-corrected chi connectivity index (χ2v) is 7.88. The first-order chi connectivity index (χ1) is 14.5. The highest BCUT2D eigenvalue weighted by Gasteiger charge is 2.14. The number of para-hydroxylation sites is 1. The molecule has 2 aromatic carbocycles. The number of fused-ring (bicyclic) bond motifs is 1. The van der Waals surface area contributed by atoms with Crippen LogP contribution in [-0.4, -0.2) is 36.5 Å². The van der Waals surface area contributed by atoms with E-state index in [9.17, 15) is 9.59 Å². The number of carbonyl (C=O) groups excluding carboxylic acids is 1. The SMILES string of the molecule is Cc1ccc(Cc2nn3c(SCC(=O)Nc4ccccc4C)nnc3[nH]c2=O)cc1. The maximum Gasteiger partial charge on any atom is 0.274 e. The third-order valence-corrected chi connectivity index (χ3v) is 5.48. The fourth-order valence-electron chi connectivity index (χ4n) is 2.91. The van der Waals surface area contributed by atoms with Crippen molar-refractivity contribution < 1.29 is 4.79 Å². The molecule has 2 heterocycles. The molecule has 2 N–H and O–H groups in total. The number of aromatic nitrogens is 5. The van der Waals surface area contributed by atoms with Gasteiger partial charge in [0.05, 0.1) is 5.75 Å². The van der Waals surface area contributed by atoms with E-state index in [0.29, 0.717) is 17.3 Å². The summed E-state index contributed by atoms with van der Waals surface area (Å²) in [6.07, 6.45) is 0.390. The molecule has 4 aromatic rings. The Bertz CT molecular complexity index is 1260. The lowest BCUT2D eigenvalue weighted by Gasteiger charge is -2.07. The van der Waals surface area contributed by atoms with Crippen LogP contribution < -0.4 is 10.9 Å². The Hall–Kier alpha value is -3.46. The van der Waals surface area contributed by atoms with Gasteiger partial charge in [-0.25, -0.2) is 0 Å². The molecule has 1 amide bonds. The summed E-state index contributed by atoms with van der Waals surface area (Å²) in [5.74, 6) is 0.230. The summed E-state index contributed by atoms with van der Waals surface area (Å²) in [4.78, 5) is 27.4. The van der Waals surface area contributed by atoms with Gasteiger partial charge >= 0.3 is 0 Å². The first-order valence-corrected chi connectivity index (χ1v) is 10.4. The van der Waals surface area contributed by atoms with E-state index in [-0.39, 0.29) is 23.0 Å². The number of nitrogens with one attached hydrogen (secondary N) is 2. The Morgan fingerprint density at radius 1 is 1.10 bits per heavy atom. The van der Waals surface area contributed by atoms with E-state index in [1.165, 1.54) is 16.3 Å². The van der Waals surface area contributed by atoms with E-state index in [1.807, 2.05) is 62.4 Å². The molecule has 30 heavy (non-hydrogen) atoms. The molecule has 0 bridgehead atoms. The van der Waals surface area contributed by atoms with Gasteiger partial charge in [-0.1, -0.05) is 59.8 Å². The monoisotopic (exact) mass is 420 g/mol.